The Labute approximate surface area is 155 Å². The maximum atomic E-state index is 11.9. The normalized spacial score (nSPS) is 13.6. The van der Waals surface area contributed by atoms with Crippen LogP contribution in [0.25, 0.3) is 6.08 Å². The predicted octanol–water partition coefficient (Wildman–Crippen LogP) is 2.29. The summed E-state index contributed by atoms with van der Waals surface area (Å²) in [6.45, 7) is -0.523. The molecule has 0 atom stereocenters. The SMILES string of the molecule is CN(CC(=O)NC1CC1)C(=O)COC(=O)/C=C/c1c(Cl)cccc1Cl. The summed E-state index contributed by atoms with van der Waals surface area (Å²) in [6.07, 6.45) is 4.51. The Kier molecular flexibility index (Phi) is 6.84. The van der Waals surface area contributed by atoms with Crippen LogP contribution in [-0.2, 0) is 19.1 Å². The molecule has 0 aliphatic heterocycles. The van der Waals surface area contributed by atoms with Crippen molar-refractivity contribution in [3.8, 4) is 0 Å². The van der Waals surface area contributed by atoms with Crippen LogP contribution in [0.5, 0.6) is 0 Å². The quantitative estimate of drug-likeness (QED) is 0.577. The number of nitrogens with one attached hydrogen (secondary N) is 1. The third-order valence-corrected chi connectivity index (χ3v) is 4.13. The topological polar surface area (TPSA) is 75.7 Å². The number of amides is 2. The Morgan fingerprint density at radius 2 is 1.92 bits per heavy atom. The third kappa shape index (κ3) is 6.40. The van der Waals surface area contributed by atoms with E-state index in [-0.39, 0.29) is 18.5 Å². The lowest BCUT2D eigenvalue weighted by molar-refractivity contribution is -0.148. The molecular formula is C17H18Cl2N2O4. The van der Waals surface area contributed by atoms with Gasteiger partial charge in [-0.3, -0.25) is 9.59 Å². The van der Waals surface area contributed by atoms with Crippen molar-refractivity contribution in [2.75, 3.05) is 20.2 Å². The number of likely N-dealkylation sites (N-methyl/N-ethyl adjacent to an activating group) is 1. The number of carbonyl (C=O) groups excluding carboxylic acids is 3. The summed E-state index contributed by atoms with van der Waals surface area (Å²) in [5.41, 5.74) is 0.489. The van der Waals surface area contributed by atoms with Gasteiger partial charge in [-0.15, -0.1) is 0 Å². The van der Waals surface area contributed by atoms with Crippen LogP contribution in [0.4, 0.5) is 0 Å². The van der Waals surface area contributed by atoms with Crippen LogP contribution >= 0.6 is 23.2 Å². The predicted molar refractivity (Wildman–Crippen MR) is 95.3 cm³/mol. The lowest BCUT2D eigenvalue weighted by atomic mass is 10.2. The van der Waals surface area contributed by atoms with E-state index in [9.17, 15) is 14.4 Å². The number of carbonyl (C=O) groups is 3. The van der Waals surface area contributed by atoms with Crippen molar-refractivity contribution < 1.29 is 19.1 Å². The second kappa shape index (κ2) is 8.87. The molecule has 2 rings (SSSR count). The van der Waals surface area contributed by atoms with Crippen molar-refractivity contribution in [1.82, 2.24) is 10.2 Å². The van der Waals surface area contributed by atoms with E-state index in [4.69, 9.17) is 27.9 Å². The van der Waals surface area contributed by atoms with Gasteiger partial charge in [0.1, 0.15) is 0 Å². The van der Waals surface area contributed by atoms with Crippen molar-refractivity contribution in [3.63, 3.8) is 0 Å². The molecule has 134 valence electrons. The van der Waals surface area contributed by atoms with Gasteiger partial charge in [0.2, 0.25) is 5.91 Å². The molecule has 1 saturated carbocycles. The van der Waals surface area contributed by atoms with Gasteiger partial charge in [0.25, 0.3) is 5.91 Å². The van der Waals surface area contributed by atoms with Gasteiger partial charge in [-0.25, -0.2) is 4.79 Å². The minimum Gasteiger partial charge on any atom is -0.452 e. The molecule has 8 heteroatoms. The van der Waals surface area contributed by atoms with Gasteiger partial charge in [0.05, 0.1) is 6.54 Å². The maximum Gasteiger partial charge on any atom is 0.331 e. The van der Waals surface area contributed by atoms with Gasteiger partial charge in [-0.2, -0.15) is 0 Å². The highest BCUT2D eigenvalue weighted by Gasteiger charge is 2.24. The van der Waals surface area contributed by atoms with E-state index in [0.717, 1.165) is 18.9 Å². The van der Waals surface area contributed by atoms with E-state index in [1.807, 2.05) is 0 Å². The van der Waals surface area contributed by atoms with Crippen LogP contribution < -0.4 is 5.32 Å². The van der Waals surface area contributed by atoms with Crippen LogP contribution in [0, 0.1) is 0 Å². The van der Waals surface area contributed by atoms with E-state index in [1.165, 1.54) is 18.0 Å². The lowest BCUT2D eigenvalue weighted by Gasteiger charge is -2.16. The zero-order chi connectivity index (χ0) is 18.4. The van der Waals surface area contributed by atoms with Crippen LogP contribution in [0.2, 0.25) is 10.0 Å². The zero-order valence-corrected chi connectivity index (χ0v) is 15.1. The first kappa shape index (κ1) is 19.3. The van der Waals surface area contributed by atoms with Gasteiger partial charge in [0.15, 0.2) is 6.61 Å². The van der Waals surface area contributed by atoms with Crippen molar-refractivity contribution in [1.29, 1.82) is 0 Å². The zero-order valence-electron chi connectivity index (χ0n) is 13.6. The molecule has 25 heavy (non-hydrogen) atoms. The highest BCUT2D eigenvalue weighted by Crippen LogP contribution is 2.25. The molecule has 1 aliphatic carbocycles. The Hall–Kier alpha value is -2.05. The molecule has 0 heterocycles. The largest absolute Gasteiger partial charge is 0.452 e. The molecular weight excluding hydrogens is 367 g/mol. The van der Waals surface area contributed by atoms with Gasteiger partial charge >= 0.3 is 5.97 Å². The molecule has 1 N–H and O–H groups in total. The monoisotopic (exact) mass is 384 g/mol. The summed E-state index contributed by atoms with van der Waals surface area (Å²) in [7, 11) is 1.47. The number of hydrogen-bond donors (Lipinski definition) is 1. The van der Waals surface area contributed by atoms with Gasteiger partial charge in [-0.1, -0.05) is 29.3 Å². The fourth-order valence-corrected chi connectivity index (χ4v) is 2.44. The Morgan fingerprint density at radius 3 is 2.52 bits per heavy atom. The van der Waals surface area contributed by atoms with E-state index >= 15 is 0 Å². The average molecular weight is 385 g/mol. The summed E-state index contributed by atoms with van der Waals surface area (Å²) < 4.78 is 4.87. The molecule has 6 nitrogen and oxygen atoms in total. The molecule has 0 saturated heterocycles. The smallest absolute Gasteiger partial charge is 0.331 e. The van der Waals surface area contributed by atoms with E-state index in [0.29, 0.717) is 15.6 Å². The number of benzene rings is 1. The highest BCUT2D eigenvalue weighted by molar-refractivity contribution is 6.37. The number of nitrogens with zero attached hydrogens (tertiary/aromatic N) is 1. The Morgan fingerprint density at radius 1 is 1.28 bits per heavy atom. The van der Waals surface area contributed by atoms with E-state index in [2.05, 4.69) is 5.32 Å². The summed E-state index contributed by atoms with van der Waals surface area (Å²) in [6, 6.07) is 5.21. The van der Waals surface area contributed by atoms with Crippen molar-refractivity contribution >= 4 is 47.1 Å². The highest BCUT2D eigenvalue weighted by atomic mass is 35.5. The third-order valence-electron chi connectivity index (χ3n) is 3.47. The van der Waals surface area contributed by atoms with Crippen LogP contribution in [0.15, 0.2) is 24.3 Å². The van der Waals surface area contributed by atoms with Crippen molar-refractivity contribution in [2.24, 2.45) is 0 Å². The molecule has 2 amide bonds. The molecule has 1 aromatic rings. The first-order chi connectivity index (χ1) is 11.9. The van der Waals surface area contributed by atoms with Crippen LogP contribution in [-0.4, -0.2) is 48.9 Å². The first-order valence-corrected chi connectivity index (χ1v) is 8.44. The fourth-order valence-electron chi connectivity index (χ4n) is 1.92. The summed E-state index contributed by atoms with van der Waals surface area (Å²) in [4.78, 5) is 36.4. The molecule has 1 aliphatic rings. The minimum absolute atomic E-state index is 0.0715. The summed E-state index contributed by atoms with van der Waals surface area (Å²) in [5.74, 6) is -1.40. The number of esters is 1. The minimum atomic E-state index is -0.708. The van der Waals surface area contributed by atoms with Gasteiger partial charge < -0.3 is 15.0 Å². The summed E-state index contributed by atoms with van der Waals surface area (Å²) in [5, 5.41) is 3.57. The van der Waals surface area contributed by atoms with Crippen LogP contribution in [0.3, 0.4) is 0 Å². The molecule has 1 fully saturated rings. The second-order valence-electron chi connectivity index (χ2n) is 5.67. The second-order valence-corrected chi connectivity index (χ2v) is 6.48. The molecule has 0 aromatic heterocycles. The maximum absolute atomic E-state index is 11.9. The molecule has 0 radical (unpaired) electrons. The van der Waals surface area contributed by atoms with Crippen molar-refractivity contribution in [3.05, 3.63) is 39.9 Å². The molecule has 0 unspecified atom stereocenters. The molecule has 0 spiro atoms. The number of rotatable bonds is 7. The Balaban J connectivity index is 1.77. The number of ether oxygens (including phenoxy) is 1. The Bertz CT molecular complexity index is 682. The summed E-state index contributed by atoms with van der Waals surface area (Å²) >= 11 is 12.0. The molecule has 0 bridgehead atoms. The fraction of sp³-hybridized carbons (Fsp3) is 0.353. The number of halogens is 2. The van der Waals surface area contributed by atoms with E-state index < -0.39 is 18.5 Å². The van der Waals surface area contributed by atoms with Crippen LogP contribution in [0.1, 0.15) is 18.4 Å². The van der Waals surface area contributed by atoms with E-state index in [1.54, 1.807) is 18.2 Å². The molecule has 1 aromatic carbocycles. The van der Waals surface area contributed by atoms with Gasteiger partial charge in [-0.05, 0) is 31.1 Å². The van der Waals surface area contributed by atoms with Gasteiger partial charge in [0, 0.05) is 34.8 Å². The average Bonchev–Trinajstić information content (AvgIpc) is 3.35. The number of hydrogen-bond acceptors (Lipinski definition) is 4. The van der Waals surface area contributed by atoms with Crippen molar-refractivity contribution in [2.45, 2.75) is 18.9 Å². The standard InChI is InChI=1S/C17H18Cl2N2O4/c1-21(9-15(22)20-11-5-6-11)16(23)10-25-17(24)8-7-12-13(18)3-2-4-14(12)19/h2-4,7-8,11H,5-6,9-10H2,1H3,(H,20,22)/b8-7+. The lowest BCUT2D eigenvalue weighted by Crippen LogP contribution is -2.40. The first-order valence-electron chi connectivity index (χ1n) is 7.69.